The summed E-state index contributed by atoms with van der Waals surface area (Å²) < 4.78 is 26.5. The molecule has 0 radical (unpaired) electrons. The second-order valence-electron chi connectivity index (χ2n) is 6.64. The Balaban J connectivity index is 1.64. The molecule has 1 aliphatic carbocycles. The molecular weight excluding hydrogens is 352 g/mol. The van der Waals surface area contributed by atoms with E-state index in [4.69, 9.17) is 11.6 Å². The third-order valence-electron chi connectivity index (χ3n) is 4.78. The Morgan fingerprint density at radius 1 is 1.24 bits per heavy atom. The highest BCUT2D eigenvalue weighted by Crippen LogP contribution is 2.34. The molecule has 0 bridgehead atoms. The van der Waals surface area contributed by atoms with Crippen molar-refractivity contribution in [1.29, 1.82) is 0 Å². The second-order valence-corrected chi connectivity index (χ2v) is 7.03. The van der Waals surface area contributed by atoms with Crippen LogP contribution in [-0.2, 0) is 4.79 Å². The molecule has 6 nitrogen and oxygen atoms in total. The van der Waals surface area contributed by atoms with Gasteiger partial charge in [-0.15, -0.1) is 0 Å². The average molecular weight is 374 g/mol. The fraction of sp³-hybridized carbons (Fsp3) is 0.688. The van der Waals surface area contributed by atoms with Crippen LogP contribution in [0.25, 0.3) is 0 Å². The summed E-state index contributed by atoms with van der Waals surface area (Å²) >= 11 is 6.11. The van der Waals surface area contributed by atoms with Gasteiger partial charge in [0.15, 0.2) is 0 Å². The first kappa shape index (κ1) is 18.1. The molecule has 1 aliphatic heterocycles. The number of piperazine rings is 1. The van der Waals surface area contributed by atoms with Crippen LogP contribution in [0.5, 0.6) is 0 Å². The van der Waals surface area contributed by atoms with Gasteiger partial charge in [-0.3, -0.25) is 4.79 Å². The van der Waals surface area contributed by atoms with Crippen LogP contribution in [0.2, 0.25) is 5.15 Å². The predicted octanol–water partition coefficient (Wildman–Crippen LogP) is 2.79. The Labute approximate surface area is 150 Å². The van der Waals surface area contributed by atoms with Crippen molar-refractivity contribution in [1.82, 2.24) is 14.9 Å². The van der Waals surface area contributed by atoms with Crippen molar-refractivity contribution in [2.24, 2.45) is 0 Å². The SMILES string of the molecule is CC(=O)N1CCN(c2cc(Cl)nc(NC3CCC(F)(F)CC3)n2)CC1. The molecule has 0 spiro atoms. The van der Waals surface area contributed by atoms with Gasteiger partial charge in [-0.25, -0.2) is 13.8 Å². The molecule has 1 saturated carbocycles. The molecule has 2 fully saturated rings. The van der Waals surface area contributed by atoms with E-state index in [9.17, 15) is 13.6 Å². The van der Waals surface area contributed by atoms with Crippen LogP contribution in [0.3, 0.4) is 0 Å². The number of halogens is 3. The molecule has 0 unspecified atom stereocenters. The van der Waals surface area contributed by atoms with Crippen molar-refractivity contribution in [2.45, 2.75) is 44.6 Å². The van der Waals surface area contributed by atoms with E-state index in [-0.39, 0.29) is 24.8 Å². The minimum atomic E-state index is -2.56. The number of nitrogens with zero attached hydrogens (tertiary/aromatic N) is 4. The second kappa shape index (κ2) is 7.27. The highest BCUT2D eigenvalue weighted by molar-refractivity contribution is 6.29. The molecule has 9 heteroatoms. The fourth-order valence-corrected chi connectivity index (χ4v) is 3.43. The van der Waals surface area contributed by atoms with Gasteiger partial charge in [0.1, 0.15) is 11.0 Å². The standard InChI is InChI=1S/C16H22ClF2N5O/c1-11(25)23-6-8-24(9-7-23)14-10-13(17)21-15(22-14)20-12-2-4-16(18,19)5-3-12/h10,12H,2-9H2,1H3,(H,20,21,22). The molecular formula is C16H22ClF2N5O. The smallest absolute Gasteiger partial charge is 0.248 e. The van der Waals surface area contributed by atoms with Crippen LogP contribution in [0.4, 0.5) is 20.5 Å². The lowest BCUT2D eigenvalue weighted by atomic mass is 9.92. The summed E-state index contributed by atoms with van der Waals surface area (Å²) in [6.45, 7) is 4.17. The van der Waals surface area contributed by atoms with Gasteiger partial charge in [-0.2, -0.15) is 4.98 Å². The minimum Gasteiger partial charge on any atom is -0.353 e. The molecule has 0 aromatic carbocycles. The number of nitrogens with one attached hydrogen (secondary N) is 1. The topological polar surface area (TPSA) is 61.4 Å². The van der Waals surface area contributed by atoms with E-state index in [1.165, 1.54) is 0 Å². The van der Waals surface area contributed by atoms with Crippen LogP contribution in [0.1, 0.15) is 32.6 Å². The van der Waals surface area contributed by atoms with Crippen molar-refractivity contribution >= 4 is 29.3 Å². The number of alkyl halides is 2. The van der Waals surface area contributed by atoms with Crippen LogP contribution in [0.15, 0.2) is 6.07 Å². The summed E-state index contributed by atoms with van der Waals surface area (Å²) in [5.74, 6) is -1.44. The lowest BCUT2D eigenvalue weighted by molar-refractivity contribution is -0.129. The zero-order valence-electron chi connectivity index (χ0n) is 14.1. The van der Waals surface area contributed by atoms with Gasteiger partial charge in [0, 0.05) is 58.1 Å². The van der Waals surface area contributed by atoms with E-state index >= 15 is 0 Å². The summed E-state index contributed by atoms with van der Waals surface area (Å²) in [5.41, 5.74) is 0. The molecule has 138 valence electrons. The molecule has 1 aromatic rings. The number of carbonyl (C=O) groups excluding carboxylic acids is 1. The Bertz CT molecular complexity index is 627. The van der Waals surface area contributed by atoms with Gasteiger partial charge < -0.3 is 15.1 Å². The van der Waals surface area contributed by atoms with Crippen LogP contribution < -0.4 is 10.2 Å². The number of rotatable bonds is 3. The zero-order chi connectivity index (χ0) is 18.0. The lowest BCUT2D eigenvalue weighted by Gasteiger charge is -2.35. The number of anilines is 2. The molecule has 1 aromatic heterocycles. The summed E-state index contributed by atoms with van der Waals surface area (Å²) in [7, 11) is 0. The number of amides is 1. The number of hydrogen-bond acceptors (Lipinski definition) is 5. The van der Waals surface area contributed by atoms with Gasteiger partial charge in [0.2, 0.25) is 17.8 Å². The van der Waals surface area contributed by atoms with Crippen molar-refractivity contribution in [3.8, 4) is 0 Å². The van der Waals surface area contributed by atoms with Crippen LogP contribution >= 0.6 is 11.6 Å². The molecule has 1 saturated heterocycles. The van der Waals surface area contributed by atoms with Gasteiger partial charge in [-0.05, 0) is 12.8 Å². The first-order chi connectivity index (χ1) is 11.8. The van der Waals surface area contributed by atoms with Gasteiger partial charge in [0.25, 0.3) is 0 Å². The average Bonchev–Trinajstić information content (AvgIpc) is 2.56. The van der Waals surface area contributed by atoms with Crippen molar-refractivity contribution < 1.29 is 13.6 Å². The number of carbonyl (C=O) groups is 1. The molecule has 1 N–H and O–H groups in total. The monoisotopic (exact) mass is 373 g/mol. The maximum absolute atomic E-state index is 13.3. The van der Waals surface area contributed by atoms with E-state index in [1.807, 2.05) is 4.90 Å². The van der Waals surface area contributed by atoms with Crippen molar-refractivity contribution in [3.05, 3.63) is 11.2 Å². The summed E-state index contributed by atoms with van der Waals surface area (Å²) in [5, 5.41) is 3.44. The molecule has 0 atom stereocenters. The van der Waals surface area contributed by atoms with Crippen molar-refractivity contribution in [2.75, 3.05) is 36.4 Å². The molecule has 3 rings (SSSR count). The van der Waals surface area contributed by atoms with Crippen molar-refractivity contribution in [3.63, 3.8) is 0 Å². The van der Waals surface area contributed by atoms with E-state index in [1.54, 1.807) is 17.9 Å². The Morgan fingerprint density at radius 2 is 1.88 bits per heavy atom. The van der Waals surface area contributed by atoms with Crippen LogP contribution in [-0.4, -0.2) is 58.9 Å². The Kier molecular flexibility index (Phi) is 5.27. The molecule has 1 amide bonds. The molecule has 2 heterocycles. The summed E-state index contributed by atoms with van der Waals surface area (Å²) in [6.07, 6.45) is 0.529. The van der Waals surface area contributed by atoms with Gasteiger partial charge in [0.05, 0.1) is 0 Å². The maximum Gasteiger partial charge on any atom is 0.248 e. The Hall–Kier alpha value is -1.70. The highest BCUT2D eigenvalue weighted by Gasteiger charge is 2.35. The largest absolute Gasteiger partial charge is 0.353 e. The van der Waals surface area contributed by atoms with Gasteiger partial charge >= 0.3 is 0 Å². The Morgan fingerprint density at radius 3 is 2.48 bits per heavy atom. The third-order valence-corrected chi connectivity index (χ3v) is 4.97. The minimum absolute atomic E-state index is 0.0665. The predicted molar refractivity (Wildman–Crippen MR) is 92.3 cm³/mol. The third kappa shape index (κ3) is 4.68. The van der Waals surface area contributed by atoms with Crippen LogP contribution in [0, 0.1) is 0 Å². The van der Waals surface area contributed by atoms with E-state index in [0.717, 1.165) is 0 Å². The fourth-order valence-electron chi connectivity index (χ4n) is 3.25. The molecule has 2 aliphatic rings. The van der Waals surface area contributed by atoms with Gasteiger partial charge in [-0.1, -0.05) is 11.6 Å². The maximum atomic E-state index is 13.3. The molecule has 25 heavy (non-hydrogen) atoms. The lowest BCUT2D eigenvalue weighted by Crippen LogP contribution is -2.48. The quantitative estimate of drug-likeness (QED) is 0.825. The summed E-state index contributed by atoms with van der Waals surface area (Å²) in [6, 6.07) is 1.62. The first-order valence-electron chi connectivity index (χ1n) is 8.52. The van der Waals surface area contributed by atoms with E-state index < -0.39 is 5.92 Å². The van der Waals surface area contributed by atoms with E-state index in [2.05, 4.69) is 15.3 Å². The normalized spacial score (nSPS) is 21.3. The number of aromatic nitrogens is 2. The zero-order valence-corrected chi connectivity index (χ0v) is 14.9. The summed E-state index contributed by atoms with van der Waals surface area (Å²) in [4.78, 5) is 23.9. The highest BCUT2D eigenvalue weighted by atomic mass is 35.5. The van der Waals surface area contributed by atoms with E-state index in [0.29, 0.717) is 55.9 Å². The number of hydrogen-bond donors (Lipinski definition) is 1. The first-order valence-corrected chi connectivity index (χ1v) is 8.90.